The van der Waals surface area contributed by atoms with Crippen molar-refractivity contribution in [1.82, 2.24) is 9.97 Å². The molecule has 0 amide bonds. The summed E-state index contributed by atoms with van der Waals surface area (Å²) < 4.78 is 0. The Hall–Kier alpha value is -1.62. The van der Waals surface area contributed by atoms with Crippen molar-refractivity contribution in [2.75, 3.05) is 5.32 Å². The second kappa shape index (κ2) is 4.94. The fraction of sp³-hybridized carbons (Fsp3) is 0.273. The van der Waals surface area contributed by atoms with Gasteiger partial charge in [0.25, 0.3) is 5.56 Å². The van der Waals surface area contributed by atoms with E-state index < -0.39 is 0 Å². The highest BCUT2D eigenvalue weighted by molar-refractivity contribution is 7.12. The van der Waals surface area contributed by atoms with Crippen LogP contribution in [0.3, 0.4) is 0 Å². The maximum atomic E-state index is 11.3. The number of aromatic amines is 1. The van der Waals surface area contributed by atoms with E-state index in [9.17, 15) is 4.79 Å². The molecule has 5 heteroatoms. The maximum Gasteiger partial charge on any atom is 0.290 e. The molecule has 0 spiro atoms. The minimum atomic E-state index is -0.185. The summed E-state index contributed by atoms with van der Waals surface area (Å²) in [5, 5.41) is 3.02. The topological polar surface area (TPSA) is 57.8 Å². The summed E-state index contributed by atoms with van der Waals surface area (Å²) in [7, 11) is 0. The van der Waals surface area contributed by atoms with Gasteiger partial charge in [-0.2, -0.15) is 0 Å². The molecule has 0 unspecified atom stereocenters. The number of rotatable bonds is 4. The van der Waals surface area contributed by atoms with E-state index in [2.05, 4.69) is 34.3 Å². The zero-order chi connectivity index (χ0) is 11.4. The minimum Gasteiger partial charge on any atom is -0.361 e. The Labute approximate surface area is 97.4 Å². The van der Waals surface area contributed by atoms with E-state index in [1.807, 2.05) is 0 Å². The van der Waals surface area contributed by atoms with Crippen molar-refractivity contribution in [1.29, 1.82) is 0 Å². The van der Waals surface area contributed by atoms with Crippen LogP contribution in [-0.4, -0.2) is 9.97 Å². The van der Waals surface area contributed by atoms with Crippen LogP contribution in [-0.2, 0) is 13.0 Å². The van der Waals surface area contributed by atoms with Crippen LogP contribution in [0.4, 0.5) is 5.82 Å². The lowest BCUT2D eigenvalue weighted by atomic mass is 10.3. The second-order valence-corrected chi connectivity index (χ2v) is 4.59. The molecule has 84 valence electrons. The van der Waals surface area contributed by atoms with Gasteiger partial charge in [-0.15, -0.1) is 11.3 Å². The summed E-state index contributed by atoms with van der Waals surface area (Å²) in [6.45, 7) is 2.78. The van der Waals surface area contributed by atoms with Crippen LogP contribution < -0.4 is 10.9 Å². The number of hydrogen-bond donors (Lipinski definition) is 2. The molecular formula is C11H13N3OS. The molecule has 0 aliphatic rings. The SMILES string of the molecule is CCc1ccc(CNc2ncc[nH]c2=O)s1. The van der Waals surface area contributed by atoms with Crippen LogP contribution in [0.5, 0.6) is 0 Å². The van der Waals surface area contributed by atoms with Gasteiger partial charge in [-0.3, -0.25) is 4.79 Å². The van der Waals surface area contributed by atoms with Gasteiger partial charge in [-0.1, -0.05) is 6.92 Å². The molecule has 2 aromatic heterocycles. The van der Waals surface area contributed by atoms with Crippen molar-refractivity contribution in [2.45, 2.75) is 19.9 Å². The zero-order valence-electron chi connectivity index (χ0n) is 8.99. The third kappa shape index (κ3) is 2.49. The Bertz CT molecular complexity index is 518. The van der Waals surface area contributed by atoms with E-state index >= 15 is 0 Å². The van der Waals surface area contributed by atoms with E-state index in [0.29, 0.717) is 12.4 Å². The first-order chi connectivity index (χ1) is 7.79. The average Bonchev–Trinajstić information content (AvgIpc) is 2.76. The Kier molecular flexibility index (Phi) is 3.36. The summed E-state index contributed by atoms with van der Waals surface area (Å²) in [6, 6.07) is 4.19. The lowest BCUT2D eigenvalue weighted by molar-refractivity contribution is 1.07. The lowest BCUT2D eigenvalue weighted by Crippen LogP contribution is -2.14. The number of thiophene rings is 1. The van der Waals surface area contributed by atoms with Crippen molar-refractivity contribution >= 4 is 17.2 Å². The molecule has 0 bridgehead atoms. The number of aryl methyl sites for hydroxylation is 1. The standard InChI is InChI=1S/C11H13N3OS/c1-2-8-3-4-9(16-8)7-14-10-11(15)13-6-5-12-10/h3-6H,2,7H2,1H3,(H,12,14)(H,13,15). The van der Waals surface area contributed by atoms with Gasteiger partial charge in [0.1, 0.15) is 0 Å². The van der Waals surface area contributed by atoms with Gasteiger partial charge in [0.15, 0.2) is 5.82 Å². The number of nitrogens with one attached hydrogen (secondary N) is 2. The molecule has 0 aliphatic carbocycles. The third-order valence-corrected chi connectivity index (χ3v) is 3.43. The predicted molar refractivity (Wildman–Crippen MR) is 65.9 cm³/mol. The van der Waals surface area contributed by atoms with E-state index in [0.717, 1.165) is 6.42 Å². The normalized spacial score (nSPS) is 10.3. The van der Waals surface area contributed by atoms with Crippen LogP contribution in [0.1, 0.15) is 16.7 Å². The van der Waals surface area contributed by atoms with Crippen molar-refractivity contribution in [3.63, 3.8) is 0 Å². The Morgan fingerprint density at radius 1 is 1.44 bits per heavy atom. The quantitative estimate of drug-likeness (QED) is 0.852. The van der Waals surface area contributed by atoms with Gasteiger partial charge in [-0.25, -0.2) is 4.98 Å². The highest BCUT2D eigenvalue weighted by Crippen LogP contribution is 2.17. The summed E-state index contributed by atoms with van der Waals surface area (Å²) in [5.41, 5.74) is -0.185. The number of H-pyrrole nitrogens is 1. The Balaban J connectivity index is 2.02. The van der Waals surface area contributed by atoms with E-state index in [-0.39, 0.29) is 5.56 Å². The largest absolute Gasteiger partial charge is 0.361 e. The molecule has 0 aromatic carbocycles. The first-order valence-corrected chi connectivity index (χ1v) is 5.96. The molecule has 2 aromatic rings. The molecule has 2 rings (SSSR count). The van der Waals surface area contributed by atoms with E-state index in [1.54, 1.807) is 17.5 Å². The molecule has 0 atom stereocenters. The summed E-state index contributed by atoms with van der Waals surface area (Å²) in [4.78, 5) is 20.4. The highest BCUT2D eigenvalue weighted by Gasteiger charge is 2.01. The monoisotopic (exact) mass is 235 g/mol. The number of anilines is 1. The van der Waals surface area contributed by atoms with Gasteiger partial charge < -0.3 is 10.3 Å². The molecule has 16 heavy (non-hydrogen) atoms. The van der Waals surface area contributed by atoms with Gasteiger partial charge in [0.05, 0.1) is 6.54 Å². The van der Waals surface area contributed by atoms with Crippen LogP contribution in [0, 0.1) is 0 Å². The van der Waals surface area contributed by atoms with Crippen molar-refractivity contribution in [3.05, 3.63) is 44.6 Å². The van der Waals surface area contributed by atoms with Crippen LogP contribution in [0.15, 0.2) is 29.3 Å². The Morgan fingerprint density at radius 2 is 2.25 bits per heavy atom. The van der Waals surface area contributed by atoms with Crippen molar-refractivity contribution in [2.24, 2.45) is 0 Å². The van der Waals surface area contributed by atoms with E-state index in [4.69, 9.17) is 0 Å². The number of aromatic nitrogens is 2. The van der Waals surface area contributed by atoms with Crippen LogP contribution >= 0.6 is 11.3 Å². The number of hydrogen-bond acceptors (Lipinski definition) is 4. The molecular weight excluding hydrogens is 222 g/mol. The third-order valence-electron chi connectivity index (χ3n) is 2.20. The fourth-order valence-corrected chi connectivity index (χ4v) is 2.25. The van der Waals surface area contributed by atoms with Gasteiger partial charge >= 0.3 is 0 Å². The molecule has 2 N–H and O–H groups in total. The second-order valence-electron chi connectivity index (χ2n) is 3.34. The molecule has 0 aliphatic heterocycles. The zero-order valence-corrected chi connectivity index (χ0v) is 9.80. The van der Waals surface area contributed by atoms with Crippen LogP contribution in [0.2, 0.25) is 0 Å². The summed E-state index contributed by atoms with van der Waals surface area (Å²) >= 11 is 1.76. The van der Waals surface area contributed by atoms with Crippen LogP contribution in [0.25, 0.3) is 0 Å². The fourth-order valence-electron chi connectivity index (χ4n) is 1.36. The molecule has 0 saturated carbocycles. The molecule has 0 fully saturated rings. The first kappa shape index (κ1) is 10.9. The van der Waals surface area contributed by atoms with Gasteiger partial charge in [0, 0.05) is 22.1 Å². The first-order valence-electron chi connectivity index (χ1n) is 5.14. The molecule has 0 radical (unpaired) electrons. The minimum absolute atomic E-state index is 0.185. The predicted octanol–water partition coefficient (Wildman–Crippen LogP) is 2.01. The van der Waals surface area contributed by atoms with E-state index in [1.165, 1.54) is 16.0 Å². The molecule has 2 heterocycles. The van der Waals surface area contributed by atoms with Gasteiger partial charge in [-0.05, 0) is 18.6 Å². The molecule has 4 nitrogen and oxygen atoms in total. The van der Waals surface area contributed by atoms with Crippen molar-refractivity contribution in [3.8, 4) is 0 Å². The molecule has 0 saturated heterocycles. The van der Waals surface area contributed by atoms with Crippen molar-refractivity contribution < 1.29 is 0 Å². The maximum absolute atomic E-state index is 11.3. The summed E-state index contributed by atoms with van der Waals surface area (Å²) in [5.74, 6) is 0.369. The Morgan fingerprint density at radius 3 is 2.94 bits per heavy atom. The number of nitrogens with zero attached hydrogens (tertiary/aromatic N) is 1. The smallest absolute Gasteiger partial charge is 0.290 e. The highest BCUT2D eigenvalue weighted by atomic mass is 32.1. The lowest BCUT2D eigenvalue weighted by Gasteiger charge is -2.01. The van der Waals surface area contributed by atoms with Gasteiger partial charge in [0.2, 0.25) is 0 Å². The summed E-state index contributed by atoms with van der Waals surface area (Å²) in [6.07, 6.45) is 4.14. The average molecular weight is 235 g/mol.